The maximum absolute atomic E-state index is 11.9. The third-order valence-electron chi connectivity index (χ3n) is 2.46. The molecule has 1 aromatic carbocycles. The third-order valence-corrected chi connectivity index (χ3v) is 3.15. The van der Waals surface area contributed by atoms with Crippen LogP contribution in [0.5, 0.6) is 5.75 Å². The number of aromatic amines is 1. The molecule has 5 nitrogen and oxygen atoms in total. The number of ether oxygens (including phenoxy) is 1. The van der Waals surface area contributed by atoms with E-state index >= 15 is 0 Å². The standard InChI is InChI=1S/C12H11Cl2N3O2/c1-19-10-4-6(2-3-8(10)15)16-12(18)9-5-7(13)11(14)17-9/h2-5,17H,15H2,1H3,(H,16,18). The summed E-state index contributed by atoms with van der Waals surface area (Å²) in [6, 6.07) is 6.39. The number of anilines is 2. The summed E-state index contributed by atoms with van der Waals surface area (Å²) in [5.74, 6) is 0.126. The second kappa shape index (κ2) is 5.42. The highest BCUT2D eigenvalue weighted by Gasteiger charge is 2.12. The highest BCUT2D eigenvalue weighted by Crippen LogP contribution is 2.26. The highest BCUT2D eigenvalue weighted by molar-refractivity contribution is 6.41. The average molecular weight is 300 g/mol. The van der Waals surface area contributed by atoms with Crippen LogP contribution in [0.3, 0.4) is 0 Å². The average Bonchev–Trinajstić information content (AvgIpc) is 2.72. The maximum atomic E-state index is 11.9. The van der Waals surface area contributed by atoms with Gasteiger partial charge in [0.15, 0.2) is 0 Å². The number of nitrogens with one attached hydrogen (secondary N) is 2. The van der Waals surface area contributed by atoms with E-state index in [2.05, 4.69) is 10.3 Å². The number of rotatable bonds is 3. The number of hydrogen-bond donors (Lipinski definition) is 3. The molecule has 100 valence electrons. The van der Waals surface area contributed by atoms with Gasteiger partial charge in [0.2, 0.25) is 0 Å². The lowest BCUT2D eigenvalue weighted by atomic mass is 10.2. The van der Waals surface area contributed by atoms with Crippen molar-refractivity contribution in [1.82, 2.24) is 4.98 Å². The first-order valence-electron chi connectivity index (χ1n) is 5.30. The van der Waals surface area contributed by atoms with Gasteiger partial charge in [-0.25, -0.2) is 0 Å². The largest absolute Gasteiger partial charge is 0.495 e. The predicted molar refractivity (Wildman–Crippen MR) is 76.2 cm³/mol. The highest BCUT2D eigenvalue weighted by atomic mass is 35.5. The molecule has 1 heterocycles. The van der Waals surface area contributed by atoms with Gasteiger partial charge in [-0.3, -0.25) is 4.79 Å². The number of amides is 1. The molecule has 0 unspecified atom stereocenters. The van der Waals surface area contributed by atoms with Crippen molar-refractivity contribution in [3.05, 3.63) is 40.1 Å². The van der Waals surface area contributed by atoms with Crippen LogP contribution >= 0.6 is 23.2 Å². The Kier molecular flexibility index (Phi) is 3.87. The van der Waals surface area contributed by atoms with E-state index in [4.69, 9.17) is 33.7 Å². The molecule has 0 aliphatic carbocycles. The van der Waals surface area contributed by atoms with Crippen LogP contribution in [0.25, 0.3) is 0 Å². The molecule has 4 N–H and O–H groups in total. The molecule has 0 radical (unpaired) electrons. The Morgan fingerprint density at radius 1 is 1.37 bits per heavy atom. The Morgan fingerprint density at radius 2 is 2.11 bits per heavy atom. The summed E-state index contributed by atoms with van der Waals surface area (Å²) >= 11 is 11.5. The Labute approximate surface area is 119 Å². The van der Waals surface area contributed by atoms with E-state index in [1.54, 1.807) is 18.2 Å². The monoisotopic (exact) mass is 299 g/mol. The number of nitrogens with two attached hydrogens (primary N) is 1. The number of hydrogen-bond acceptors (Lipinski definition) is 3. The summed E-state index contributed by atoms with van der Waals surface area (Å²) < 4.78 is 5.07. The topological polar surface area (TPSA) is 80.1 Å². The van der Waals surface area contributed by atoms with Crippen molar-refractivity contribution in [3.8, 4) is 5.75 Å². The van der Waals surface area contributed by atoms with Crippen LogP contribution in [0.4, 0.5) is 11.4 Å². The molecular weight excluding hydrogens is 289 g/mol. The van der Waals surface area contributed by atoms with Crippen molar-refractivity contribution in [2.24, 2.45) is 0 Å². The lowest BCUT2D eigenvalue weighted by Crippen LogP contribution is -2.12. The van der Waals surface area contributed by atoms with Gasteiger partial charge in [0, 0.05) is 11.8 Å². The van der Waals surface area contributed by atoms with E-state index in [0.29, 0.717) is 22.1 Å². The van der Waals surface area contributed by atoms with Gasteiger partial charge in [-0.2, -0.15) is 0 Å². The first-order chi connectivity index (χ1) is 9.01. The van der Waals surface area contributed by atoms with Crippen molar-refractivity contribution < 1.29 is 9.53 Å². The molecule has 0 saturated carbocycles. The molecule has 2 rings (SSSR count). The van der Waals surface area contributed by atoms with Gasteiger partial charge in [-0.1, -0.05) is 23.2 Å². The maximum Gasteiger partial charge on any atom is 0.272 e. The zero-order chi connectivity index (χ0) is 14.0. The first kappa shape index (κ1) is 13.6. The van der Waals surface area contributed by atoms with Crippen molar-refractivity contribution >= 4 is 40.5 Å². The van der Waals surface area contributed by atoms with Crippen LogP contribution in [0.2, 0.25) is 10.2 Å². The molecule has 0 fully saturated rings. The van der Waals surface area contributed by atoms with Crippen molar-refractivity contribution in [2.75, 3.05) is 18.2 Å². The van der Waals surface area contributed by atoms with E-state index in [1.165, 1.54) is 13.2 Å². The minimum atomic E-state index is -0.361. The van der Waals surface area contributed by atoms with Gasteiger partial charge in [0.25, 0.3) is 5.91 Å². The van der Waals surface area contributed by atoms with E-state index < -0.39 is 0 Å². The fourth-order valence-electron chi connectivity index (χ4n) is 1.51. The molecule has 2 aromatic rings. The second-order valence-corrected chi connectivity index (χ2v) is 4.54. The zero-order valence-corrected chi connectivity index (χ0v) is 11.5. The molecule has 1 amide bonds. The normalized spacial score (nSPS) is 10.3. The second-order valence-electron chi connectivity index (χ2n) is 3.76. The Balaban J connectivity index is 2.19. The van der Waals surface area contributed by atoms with Crippen LogP contribution in [0.15, 0.2) is 24.3 Å². The molecule has 0 spiro atoms. The van der Waals surface area contributed by atoms with Gasteiger partial charge < -0.3 is 20.8 Å². The molecule has 7 heteroatoms. The lowest BCUT2D eigenvalue weighted by molar-refractivity contribution is 0.102. The quantitative estimate of drug-likeness (QED) is 0.762. The van der Waals surface area contributed by atoms with Gasteiger partial charge in [-0.15, -0.1) is 0 Å². The van der Waals surface area contributed by atoms with Gasteiger partial charge in [0.1, 0.15) is 16.6 Å². The number of carbonyl (C=O) groups excluding carboxylic acids is 1. The van der Waals surface area contributed by atoms with Crippen LogP contribution in [-0.4, -0.2) is 18.0 Å². The first-order valence-corrected chi connectivity index (χ1v) is 6.05. The number of aromatic nitrogens is 1. The minimum absolute atomic E-state index is 0.224. The molecule has 0 atom stereocenters. The minimum Gasteiger partial charge on any atom is -0.495 e. The zero-order valence-electron chi connectivity index (χ0n) is 9.96. The predicted octanol–water partition coefficient (Wildman–Crippen LogP) is 3.16. The van der Waals surface area contributed by atoms with Crippen LogP contribution in [0, 0.1) is 0 Å². The van der Waals surface area contributed by atoms with Gasteiger partial charge in [0.05, 0.1) is 17.8 Å². The molecule has 0 aliphatic rings. The summed E-state index contributed by atoms with van der Waals surface area (Å²) in [6.45, 7) is 0. The van der Waals surface area contributed by atoms with Crippen LogP contribution in [0.1, 0.15) is 10.5 Å². The van der Waals surface area contributed by atoms with Crippen LogP contribution in [-0.2, 0) is 0 Å². The van der Waals surface area contributed by atoms with E-state index in [0.717, 1.165) is 0 Å². The number of carbonyl (C=O) groups is 1. The van der Waals surface area contributed by atoms with Crippen molar-refractivity contribution in [3.63, 3.8) is 0 Å². The molecule has 19 heavy (non-hydrogen) atoms. The van der Waals surface area contributed by atoms with E-state index in [-0.39, 0.29) is 16.8 Å². The smallest absolute Gasteiger partial charge is 0.272 e. The number of H-pyrrole nitrogens is 1. The lowest BCUT2D eigenvalue weighted by Gasteiger charge is -2.08. The summed E-state index contributed by atoms with van der Waals surface area (Å²) in [6.07, 6.45) is 0. The summed E-state index contributed by atoms with van der Waals surface area (Å²) in [4.78, 5) is 14.6. The van der Waals surface area contributed by atoms with Gasteiger partial charge in [-0.05, 0) is 18.2 Å². The number of halogens is 2. The number of methoxy groups -OCH3 is 1. The van der Waals surface area contributed by atoms with E-state index in [9.17, 15) is 4.79 Å². The van der Waals surface area contributed by atoms with E-state index in [1.807, 2.05) is 0 Å². The van der Waals surface area contributed by atoms with Gasteiger partial charge >= 0.3 is 0 Å². The SMILES string of the molecule is COc1cc(NC(=O)c2cc(Cl)c(Cl)[nH]2)ccc1N. The Hall–Kier alpha value is -1.85. The Morgan fingerprint density at radius 3 is 2.68 bits per heavy atom. The third kappa shape index (κ3) is 2.94. The van der Waals surface area contributed by atoms with Crippen LogP contribution < -0.4 is 15.8 Å². The summed E-state index contributed by atoms with van der Waals surface area (Å²) in [5.41, 5.74) is 7.00. The number of nitrogen functional groups attached to an aromatic ring is 1. The molecule has 1 aromatic heterocycles. The summed E-state index contributed by atoms with van der Waals surface area (Å²) in [5, 5.41) is 3.19. The molecule has 0 aliphatic heterocycles. The molecule has 0 saturated heterocycles. The summed E-state index contributed by atoms with van der Waals surface area (Å²) in [7, 11) is 1.50. The molecule has 0 bridgehead atoms. The fraction of sp³-hybridized carbons (Fsp3) is 0.0833. The number of benzene rings is 1. The molecular formula is C12H11Cl2N3O2. The van der Waals surface area contributed by atoms with Crippen molar-refractivity contribution in [1.29, 1.82) is 0 Å². The fourth-order valence-corrected chi connectivity index (χ4v) is 1.83. The Bertz CT molecular complexity index is 606. The van der Waals surface area contributed by atoms with Crippen molar-refractivity contribution in [2.45, 2.75) is 0 Å².